The molecule has 0 aliphatic carbocycles. The molecule has 0 heterocycles. The number of benzene rings is 2. The number of carbonyl (C=O) groups is 2. The minimum Gasteiger partial charge on any atom is -0.322 e. The van der Waals surface area contributed by atoms with Crippen molar-refractivity contribution >= 4 is 35.0 Å². The van der Waals surface area contributed by atoms with E-state index in [4.69, 9.17) is 0 Å². The van der Waals surface area contributed by atoms with E-state index < -0.39 is 0 Å². The van der Waals surface area contributed by atoms with Crippen LogP contribution in [0.1, 0.15) is 11.1 Å². The van der Waals surface area contributed by atoms with Gasteiger partial charge in [-0.1, -0.05) is 36.4 Å². The summed E-state index contributed by atoms with van der Waals surface area (Å²) in [6, 6.07) is 13.6. The molecule has 0 bridgehead atoms. The third-order valence-corrected chi connectivity index (χ3v) is 5.26. The fraction of sp³-hybridized carbons (Fsp3) is 0.273. The van der Waals surface area contributed by atoms with Gasteiger partial charge in [-0.3, -0.25) is 9.59 Å². The molecule has 0 aliphatic rings. The number of amides is 2. The molecule has 3 N–H and O–H groups in total. The number of quaternary nitrogens is 1. The maximum absolute atomic E-state index is 12.4. The highest BCUT2D eigenvalue weighted by atomic mass is 32.2. The maximum atomic E-state index is 12.4. The Balaban J connectivity index is 1.89. The second-order valence-electron chi connectivity index (χ2n) is 6.77. The number of para-hydroxylation sites is 2. The van der Waals surface area contributed by atoms with Gasteiger partial charge < -0.3 is 15.5 Å². The quantitative estimate of drug-likeness (QED) is 0.450. The zero-order valence-corrected chi connectivity index (χ0v) is 17.5. The van der Waals surface area contributed by atoms with Gasteiger partial charge in [-0.25, -0.2) is 0 Å². The Morgan fingerprint density at radius 3 is 2.25 bits per heavy atom. The van der Waals surface area contributed by atoms with Crippen LogP contribution in [0.4, 0.5) is 11.4 Å². The molecule has 0 aliphatic heterocycles. The fourth-order valence-electron chi connectivity index (χ4n) is 2.84. The van der Waals surface area contributed by atoms with Crippen molar-refractivity contribution in [2.45, 2.75) is 18.7 Å². The van der Waals surface area contributed by atoms with Crippen molar-refractivity contribution in [3.8, 4) is 0 Å². The zero-order chi connectivity index (χ0) is 20.5. The molecule has 2 rings (SSSR count). The van der Waals surface area contributed by atoms with E-state index in [1.165, 1.54) is 0 Å². The molecule has 2 amide bonds. The number of aryl methyl sites for hydroxylation is 2. The number of carbonyl (C=O) groups excluding carboxylic acids is 2. The Bertz CT molecular complexity index is 831. The predicted octanol–water partition coefficient (Wildman–Crippen LogP) is 2.67. The largest absolute Gasteiger partial charge is 0.322 e. The molecule has 5 nitrogen and oxygen atoms in total. The first-order chi connectivity index (χ1) is 13.4. The first kappa shape index (κ1) is 21.7. The van der Waals surface area contributed by atoms with Crippen LogP contribution in [-0.2, 0) is 9.59 Å². The molecule has 2 aromatic rings. The molecule has 6 heteroatoms. The lowest BCUT2D eigenvalue weighted by Gasteiger charge is -2.16. The average Bonchev–Trinajstić information content (AvgIpc) is 2.64. The number of likely N-dealkylation sites (N-methyl/N-ethyl adjacent to an activating group) is 1. The lowest BCUT2D eigenvalue weighted by molar-refractivity contribution is -0.862. The van der Waals surface area contributed by atoms with E-state index >= 15 is 0 Å². The number of anilines is 2. The van der Waals surface area contributed by atoms with Gasteiger partial charge in [0.05, 0.1) is 12.7 Å². The van der Waals surface area contributed by atoms with E-state index in [0.717, 1.165) is 38.0 Å². The number of nitrogens with one attached hydrogen (secondary N) is 3. The van der Waals surface area contributed by atoms with Crippen LogP contribution < -0.4 is 15.5 Å². The highest BCUT2D eigenvalue weighted by Crippen LogP contribution is 2.26. The normalized spacial score (nSPS) is 11.5. The SMILES string of the molecule is C=CCSc1ccccc1NC(=O)C[NH+](C)CC(=O)Nc1c(C)cccc1C. The Hall–Kier alpha value is -2.57. The molecule has 0 aromatic heterocycles. The Kier molecular flexibility index (Phi) is 8.29. The van der Waals surface area contributed by atoms with Crippen LogP contribution in [0.5, 0.6) is 0 Å². The third-order valence-electron chi connectivity index (χ3n) is 4.19. The molecule has 2 aromatic carbocycles. The molecule has 0 saturated heterocycles. The summed E-state index contributed by atoms with van der Waals surface area (Å²) in [6.45, 7) is 8.08. The van der Waals surface area contributed by atoms with Crippen LogP contribution >= 0.6 is 11.8 Å². The van der Waals surface area contributed by atoms with E-state index in [2.05, 4.69) is 17.2 Å². The van der Waals surface area contributed by atoms with Gasteiger partial charge in [-0.2, -0.15) is 0 Å². The van der Waals surface area contributed by atoms with E-state index in [-0.39, 0.29) is 24.9 Å². The monoisotopic (exact) mass is 398 g/mol. The molecular formula is C22H28N3O2S+. The molecule has 28 heavy (non-hydrogen) atoms. The molecule has 0 saturated carbocycles. The van der Waals surface area contributed by atoms with Crippen molar-refractivity contribution in [1.82, 2.24) is 0 Å². The third kappa shape index (κ3) is 6.55. The minimum absolute atomic E-state index is 0.107. The van der Waals surface area contributed by atoms with E-state index in [1.807, 2.05) is 69.4 Å². The van der Waals surface area contributed by atoms with Gasteiger partial charge in [0, 0.05) is 16.3 Å². The molecule has 0 radical (unpaired) electrons. The molecular weight excluding hydrogens is 370 g/mol. The van der Waals surface area contributed by atoms with Crippen LogP contribution in [0, 0.1) is 13.8 Å². The fourth-order valence-corrected chi connectivity index (χ4v) is 3.59. The summed E-state index contributed by atoms with van der Waals surface area (Å²) in [6.07, 6.45) is 1.83. The summed E-state index contributed by atoms with van der Waals surface area (Å²) < 4.78 is 0. The molecule has 148 valence electrons. The van der Waals surface area contributed by atoms with Gasteiger partial charge in [0.25, 0.3) is 11.8 Å². The molecule has 1 unspecified atom stereocenters. The highest BCUT2D eigenvalue weighted by Gasteiger charge is 2.16. The summed E-state index contributed by atoms with van der Waals surface area (Å²) in [5, 5.41) is 5.91. The van der Waals surface area contributed by atoms with Crippen molar-refractivity contribution in [2.75, 3.05) is 36.5 Å². The Labute approximate surface area is 171 Å². The number of hydrogen-bond acceptors (Lipinski definition) is 3. The van der Waals surface area contributed by atoms with E-state index in [0.29, 0.717) is 0 Å². The molecule has 0 spiro atoms. The first-order valence-corrected chi connectivity index (χ1v) is 10.2. The van der Waals surface area contributed by atoms with Crippen molar-refractivity contribution in [2.24, 2.45) is 0 Å². The van der Waals surface area contributed by atoms with Crippen molar-refractivity contribution in [3.63, 3.8) is 0 Å². The summed E-state index contributed by atoms with van der Waals surface area (Å²) in [4.78, 5) is 26.6. The van der Waals surface area contributed by atoms with Crippen molar-refractivity contribution in [3.05, 3.63) is 66.2 Å². The number of hydrogen-bond donors (Lipinski definition) is 3. The summed E-state index contributed by atoms with van der Waals surface area (Å²) >= 11 is 1.62. The van der Waals surface area contributed by atoms with Crippen molar-refractivity contribution in [1.29, 1.82) is 0 Å². The van der Waals surface area contributed by atoms with Gasteiger partial charge >= 0.3 is 0 Å². The maximum Gasteiger partial charge on any atom is 0.279 e. The number of thioether (sulfide) groups is 1. The summed E-state index contributed by atoms with van der Waals surface area (Å²) in [5.74, 6) is 0.546. The first-order valence-electron chi connectivity index (χ1n) is 9.20. The summed E-state index contributed by atoms with van der Waals surface area (Å²) in [7, 11) is 1.84. The average molecular weight is 399 g/mol. The smallest absolute Gasteiger partial charge is 0.279 e. The zero-order valence-electron chi connectivity index (χ0n) is 16.7. The van der Waals surface area contributed by atoms with Crippen LogP contribution in [0.25, 0.3) is 0 Å². The standard InChI is InChI=1S/C22H27N3O2S/c1-5-13-28-19-12-7-6-11-18(19)23-20(26)14-25(4)15-21(27)24-22-16(2)9-8-10-17(22)3/h5-12H,1,13-15H2,2-4H3,(H,23,26)(H,24,27)/p+1. The summed E-state index contributed by atoms with van der Waals surface area (Å²) in [5.41, 5.74) is 3.68. The van der Waals surface area contributed by atoms with Crippen molar-refractivity contribution < 1.29 is 14.5 Å². The van der Waals surface area contributed by atoms with Gasteiger partial charge in [0.15, 0.2) is 13.1 Å². The lowest BCUT2D eigenvalue weighted by Crippen LogP contribution is -3.11. The highest BCUT2D eigenvalue weighted by molar-refractivity contribution is 7.99. The van der Waals surface area contributed by atoms with Crippen LogP contribution in [0.15, 0.2) is 60.0 Å². The predicted molar refractivity (Wildman–Crippen MR) is 117 cm³/mol. The molecule has 1 atom stereocenters. The van der Waals surface area contributed by atoms with E-state index in [1.54, 1.807) is 11.8 Å². The van der Waals surface area contributed by atoms with E-state index in [9.17, 15) is 9.59 Å². The topological polar surface area (TPSA) is 62.6 Å². The van der Waals surface area contributed by atoms with Gasteiger partial charge in [0.1, 0.15) is 0 Å². The lowest BCUT2D eigenvalue weighted by atomic mass is 10.1. The second-order valence-corrected chi connectivity index (χ2v) is 7.83. The van der Waals surface area contributed by atoms with Gasteiger partial charge in [-0.15, -0.1) is 18.3 Å². The van der Waals surface area contributed by atoms with Crippen LogP contribution in [-0.4, -0.2) is 37.7 Å². The van der Waals surface area contributed by atoms with Gasteiger partial charge in [0.2, 0.25) is 0 Å². The Morgan fingerprint density at radius 2 is 1.61 bits per heavy atom. The van der Waals surface area contributed by atoms with Crippen LogP contribution in [0.3, 0.4) is 0 Å². The number of rotatable bonds is 9. The second kappa shape index (κ2) is 10.7. The van der Waals surface area contributed by atoms with Gasteiger partial charge in [-0.05, 0) is 37.1 Å². The van der Waals surface area contributed by atoms with Crippen LogP contribution in [0.2, 0.25) is 0 Å². The minimum atomic E-state index is -0.121. The Morgan fingerprint density at radius 1 is 1.00 bits per heavy atom. The molecule has 0 fully saturated rings.